The Morgan fingerprint density at radius 1 is 0.960 bits per heavy atom. The van der Waals surface area contributed by atoms with E-state index in [0.717, 1.165) is 17.8 Å². The predicted octanol–water partition coefficient (Wildman–Crippen LogP) is 8.50. The molecule has 140 valence electrons. The molecular formula is C24H37Br. The van der Waals surface area contributed by atoms with Gasteiger partial charge >= 0.3 is 0 Å². The average molecular weight is 405 g/mol. The summed E-state index contributed by atoms with van der Waals surface area (Å²) < 4.78 is 1.21. The highest BCUT2D eigenvalue weighted by Crippen LogP contribution is 2.56. The molecule has 0 aliphatic heterocycles. The quantitative estimate of drug-likeness (QED) is 0.445. The summed E-state index contributed by atoms with van der Waals surface area (Å²) in [6.07, 6.45) is 17.5. The molecule has 0 amide bonds. The van der Waals surface area contributed by atoms with Crippen molar-refractivity contribution >= 4 is 15.9 Å². The molecule has 1 unspecified atom stereocenters. The Labute approximate surface area is 164 Å². The van der Waals surface area contributed by atoms with Gasteiger partial charge < -0.3 is 0 Å². The summed E-state index contributed by atoms with van der Waals surface area (Å²) in [7, 11) is 0. The van der Waals surface area contributed by atoms with E-state index in [1.807, 2.05) is 0 Å². The van der Waals surface area contributed by atoms with Gasteiger partial charge in [0.25, 0.3) is 0 Å². The Balaban J connectivity index is 1.70. The van der Waals surface area contributed by atoms with E-state index in [4.69, 9.17) is 0 Å². The Kier molecular flexibility index (Phi) is 7.06. The maximum atomic E-state index is 3.58. The Hall–Kier alpha value is -0.300. The molecule has 0 saturated heterocycles. The summed E-state index contributed by atoms with van der Waals surface area (Å²) >= 11 is 3.58. The van der Waals surface area contributed by atoms with Crippen LogP contribution in [-0.2, 0) is 0 Å². The number of benzene rings is 1. The van der Waals surface area contributed by atoms with Crippen LogP contribution in [0.3, 0.4) is 0 Å². The first-order chi connectivity index (χ1) is 12.2. The van der Waals surface area contributed by atoms with Gasteiger partial charge in [0.1, 0.15) is 0 Å². The molecule has 0 spiro atoms. The summed E-state index contributed by atoms with van der Waals surface area (Å²) in [5.41, 5.74) is 2.26. The minimum atomic E-state index is 0.688. The lowest BCUT2D eigenvalue weighted by Gasteiger charge is -2.51. The monoisotopic (exact) mass is 404 g/mol. The fourth-order valence-corrected chi connectivity index (χ4v) is 6.61. The molecule has 0 N–H and O–H groups in total. The van der Waals surface area contributed by atoms with E-state index in [1.54, 1.807) is 5.56 Å². The van der Waals surface area contributed by atoms with Crippen molar-refractivity contribution in [2.45, 2.75) is 96.8 Å². The van der Waals surface area contributed by atoms with Crippen LogP contribution in [0.15, 0.2) is 28.7 Å². The first-order valence-electron chi connectivity index (χ1n) is 10.9. The lowest BCUT2D eigenvalue weighted by Crippen LogP contribution is -2.41. The van der Waals surface area contributed by atoms with Gasteiger partial charge in [-0.2, -0.15) is 0 Å². The third kappa shape index (κ3) is 4.34. The van der Waals surface area contributed by atoms with Gasteiger partial charge in [-0.15, -0.1) is 0 Å². The number of rotatable bonds is 6. The third-order valence-electron chi connectivity index (χ3n) is 7.61. The van der Waals surface area contributed by atoms with Crippen molar-refractivity contribution in [3.05, 3.63) is 34.3 Å². The molecule has 0 nitrogen and oxygen atoms in total. The minimum absolute atomic E-state index is 0.688. The molecule has 0 heterocycles. The highest BCUT2D eigenvalue weighted by molar-refractivity contribution is 9.10. The highest BCUT2D eigenvalue weighted by atomic mass is 79.9. The maximum Gasteiger partial charge on any atom is 0.0175 e. The van der Waals surface area contributed by atoms with Crippen molar-refractivity contribution in [2.75, 3.05) is 0 Å². The SMILES string of the molecule is CCCC(CC)C1([C@H]2CC[C@H](c3ccc(Br)cc3)CC2)CCCCC1. The number of hydrogen-bond acceptors (Lipinski definition) is 0. The van der Waals surface area contributed by atoms with E-state index in [1.165, 1.54) is 81.5 Å². The first-order valence-corrected chi connectivity index (χ1v) is 11.7. The minimum Gasteiger partial charge on any atom is -0.0654 e. The summed E-state index contributed by atoms with van der Waals surface area (Å²) in [6, 6.07) is 9.13. The van der Waals surface area contributed by atoms with E-state index in [-0.39, 0.29) is 0 Å². The van der Waals surface area contributed by atoms with Crippen LogP contribution in [0.2, 0.25) is 0 Å². The molecule has 0 radical (unpaired) electrons. The normalized spacial score (nSPS) is 27.8. The van der Waals surface area contributed by atoms with Crippen LogP contribution in [0, 0.1) is 17.3 Å². The lowest BCUT2D eigenvalue weighted by molar-refractivity contribution is -0.00499. The molecule has 3 rings (SSSR count). The summed E-state index contributed by atoms with van der Waals surface area (Å²) in [4.78, 5) is 0. The average Bonchev–Trinajstić information content (AvgIpc) is 2.67. The Morgan fingerprint density at radius 3 is 2.16 bits per heavy atom. The topological polar surface area (TPSA) is 0 Å². The molecule has 25 heavy (non-hydrogen) atoms. The fourth-order valence-electron chi connectivity index (χ4n) is 6.34. The van der Waals surface area contributed by atoms with Gasteiger partial charge in [-0.3, -0.25) is 0 Å². The zero-order valence-corrected chi connectivity index (χ0v) is 18.0. The molecule has 1 heteroatoms. The zero-order valence-electron chi connectivity index (χ0n) is 16.4. The lowest BCUT2D eigenvalue weighted by atomic mass is 9.54. The van der Waals surface area contributed by atoms with E-state index >= 15 is 0 Å². The summed E-state index contributed by atoms with van der Waals surface area (Å²) in [5.74, 6) is 2.78. The second kappa shape index (κ2) is 9.07. The van der Waals surface area contributed by atoms with Crippen LogP contribution in [0.4, 0.5) is 0 Å². The van der Waals surface area contributed by atoms with Crippen LogP contribution in [0.1, 0.15) is 102 Å². The molecule has 0 bridgehead atoms. The van der Waals surface area contributed by atoms with Gasteiger partial charge in [0, 0.05) is 4.47 Å². The van der Waals surface area contributed by atoms with E-state index in [2.05, 4.69) is 54.0 Å². The smallest absolute Gasteiger partial charge is 0.0175 e. The van der Waals surface area contributed by atoms with Crippen LogP contribution in [0.5, 0.6) is 0 Å². The van der Waals surface area contributed by atoms with Crippen molar-refractivity contribution < 1.29 is 0 Å². The second-order valence-electron chi connectivity index (χ2n) is 8.79. The Bertz CT molecular complexity index is 503. The van der Waals surface area contributed by atoms with E-state index in [9.17, 15) is 0 Å². The molecule has 2 fully saturated rings. The number of hydrogen-bond donors (Lipinski definition) is 0. The standard InChI is InChI=1S/C24H37Br/c1-3-8-21(4-2)24(17-6-5-7-18-24)22-13-9-19(10-14-22)20-11-15-23(25)16-12-20/h11-12,15-16,19,21-22H,3-10,13-14,17-18H2,1-2H3/t19-,21?,22-. The van der Waals surface area contributed by atoms with Crippen LogP contribution in [-0.4, -0.2) is 0 Å². The van der Waals surface area contributed by atoms with E-state index in [0.29, 0.717) is 5.41 Å². The second-order valence-corrected chi connectivity index (χ2v) is 9.70. The first kappa shape index (κ1) is 19.5. The molecule has 1 aromatic rings. The zero-order chi connectivity index (χ0) is 17.7. The maximum absolute atomic E-state index is 3.58. The largest absolute Gasteiger partial charge is 0.0654 e. The van der Waals surface area contributed by atoms with Gasteiger partial charge in [-0.1, -0.05) is 80.4 Å². The van der Waals surface area contributed by atoms with Crippen LogP contribution < -0.4 is 0 Å². The fraction of sp³-hybridized carbons (Fsp3) is 0.750. The molecule has 2 aliphatic rings. The highest BCUT2D eigenvalue weighted by Gasteiger charge is 2.45. The van der Waals surface area contributed by atoms with Gasteiger partial charge in [0.2, 0.25) is 0 Å². The van der Waals surface area contributed by atoms with Gasteiger partial charge in [-0.05, 0) is 79.4 Å². The molecule has 2 saturated carbocycles. The van der Waals surface area contributed by atoms with Crippen LogP contribution >= 0.6 is 15.9 Å². The van der Waals surface area contributed by atoms with Crippen molar-refractivity contribution in [2.24, 2.45) is 17.3 Å². The Morgan fingerprint density at radius 2 is 1.60 bits per heavy atom. The molecule has 0 aromatic heterocycles. The van der Waals surface area contributed by atoms with Crippen molar-refractivity contribution in [1.82, 2.24) is 0 Å². The number of halogens is 1. The summed E-state index contributed by atoms with van der Waals surface area (Å²) in [5, 5.41) is 0. The van der Waals surface area contributed by atoms with E-state index < -0.39 is 0 Å². The van der Waals surface area contributed by atoms with Gasteiger partial charge in [0.15, 0.2) is 0 Å². The third-order valence-corrected chi connectivity index (χ3v) is 8.14. The molecule has 1 atom stereocenters. The predicted molar refractivity (Wildman–Crippen MR) is 113 cm³/mol. The van der Waals surface area contributed by atoms with Crippen molar-refractivity contribution in [1.29, 1.82) is 0 Å². The van der Waals surface area contributed by atoms with Gasteiger partial charge in [0.05, 0.1) is 0 Å². The van der Waals surface area contributed by atoms with Gasteiger partial charge in [-0.25, -0.2) is 0 Å². The van der Waals surface area contributed by atoms with Crippen LogP contribution in [0.25, 0.3) is 0 Å². The van der Waals surface area contributed by atoms with Crippen molar-refractivity contribution in [3.8, 4) is 0 Å². The van der Waals surface area contributed by atoms with Crippen molar-refractivity contribution in [3.63, 3.8) is 0 Å². The summed E-state index contributed by atoms with van der Waals surface area (Å²) in [6.45, 7) is 4.85. The molecular weight excluding hydrogens is 368 g/mol. The molecule has 1 aromatic carbocycles. The molecule has 2 aliphatic carbocycles.